The lowest BCUT2D eigenvalue weighted by Gasteiger charge is -2.15. The van der Waals surface area contributed by atoms with Crippen LogP contribution < -0.4 is 15.4 Å². The Labute approximate surface area is 163 Å². The van der Waals surface area contributed by atoms with Crippen LogP contribution in [0.2, 0.25) is 0 Å². The number of nitrogen functional groups attached to an aromatic ring is 1. The van der Waals surface area contributed by atoms with Gasteiger partial charge in [-0.25, -0.2) is 4.90 Å². The highest BCUT2D eigenvalue weighted by atomic mass is 32.2. The standard InChI is InChI=1S/C21H24N2O3S/c1-2-3-4-12-26-17-10-8-16(9-11-17)23-20(24)14-19(21(23)25)27-18-7-5-6-15(22)13-18/h5-11,13,19H,2-4,12,14,22H2,1H3/t19-/m0/s1. The van der Waals surface area contributed by atoms with Crippen LogP contribution in [0.5, 0.6) is 5.75 Å². The number of nitrogens with zero attached hydrogens (tertiary/aromatic N) is 1. The molecule has 1 fully saturated rings. The van der Waals surface area contributed by atoms with E-state index in [1.54, 1.807) is 30.3 Å². The first-order chi connectivity index (χ1) is 13.1. The third-order valence-electron chi connectivity index (χ3n) is 4.35. The van der Waals surface area contributed by atoms with Crippen LogP contribution in [0.4, 0.5) is 11.4 Å². The molecule has 0 saturated carbocycles. The van der Waals surface area contributed by atoms with Gasteiger partial charge in [-0.2, -0.15) is 0 Å². The van der Waals surface area contributed by atoms with Crippen LogP contribution in [0.15, 0.2) is 53.4 Å². The number of ether oxygens (including phenoxy) is 1. The minimum atomic E-state index is -0.427. The lowest BCUT2D eigenvalue weighted by Crippen LogP contribution is -2.31. The Kier molecular flexibility index (Phi) is 6.40. The van der Waals surface area contributed by atoms with Crippen molar-refractivity contribution in [1.82, 2.24) is 0 Å². The highest BCUT2D eigenvalue weighted by Gasteiger charge is 2.40. The molecule has 5 nitrogen and oxygen atoms in total. The van der Waals surface area contributed by atoms with Gasteiger partial charge in [-0.3, -0.25) is 9.59 Å². The largest absolute Gasteiger partial charge is 0.494 e. The number of imide groups is 1. The molecule has 1 saturated heterocycles. The summed E-state index contributed by atoms with van der Waals surface area (Å²) in [7, 11) is 0. The number of carbonyl (C=O) groups excluding carboxylic acids is 2. The van der Waals surface area contributed by atoms with Gasteiger partial charge in [-0.1, -0.05) is 25.8 Å². The first-order valence-electron chi connectivity index (χ1n) is 9.20. The van der Waals surface area contributed by atoms with Crippen LogP contribution in [0, 0.1) is 0 Å². The number of rotatable bonds is 8. The fourth-order valence-corrected chi connectivity index (χ4v) is 4.07. The molecule has 0 aromatic heterocycles. The van der Waals surface area contributed by atoms with Gasteiger partial charge in [0, 0.05) is 17.0 Å². The molecule has 2 aromatic carbocycles. The number of nitrogens with two attached hydrogens (primary N) is 1. The average Bonchev–Trinajstić information content (AvgIpc) is 2.93. The summed E-state index contributed by atoms with van der Waals surface area (Å²) in [4.78, 5) is 27.3. The third-order valence-corrected chi connectivity index (χ3v) is 5.53. The lowest BCUT2D eigenvalue weighted by atomic mass is 10.2. The second kappa shape index (κ2) is 8.95. The van der Waals surface area contributed by atoms with E-state index >= 15 is 0 Å². The Morgan fingerprint density at radius 2 is 1.93 bits per heavy atom. The fraction of sp³-hybridized carbons (Fsp3) is 0.333. The van der Waals surface area contributed by atoms with Crippen molar-refractivity contribution >= 4 is 35.0 Å². The zero-order valence-corrected chi connectivity index (χ0v) is 16.2. The van der Waals surface area contributed by atoms with Crippen LogP contribution in [0.1, 0.15) is 32.6 Å². The van der Waals surface area contributed by atoms with Gasteiger partial charge in [0.05, 0.1) is 17.5 Å². The van der Waals surface area contributed by atoms with Gasteiger partial charge in [0.1, 0.15) is 5.75 Å². The molecule has 0 radical (unpaired) electrons. The summed E-state index contributed by atoms with van der Waals surface area (Å²) in [5.41, 5.74) is 7.02. The highest BCUT2D eigenvalue weighted by molar-refractivity contribution is 8.00. The highest BCUT2D eigenvalue weighted by Crippen LogP contribution is 2.34. The summed E-state index contributed by atoms with van der Waals surface area (Å²) in [5.74, 6) is 0.377. The van der Waals surface area contributed by atoms with E-state index in [0.717, 1.165) is 29.9 Å². The smallest absolute Gasteiger partial charge is 0.247 e. The van der Waals surface area contributed by atoms with Crippen LogP contribution in [-0.4, -0.2) is 23.7 Å². The molecule has 0 spiro atoms. The van der Waals surface area contributed by atoms with E-state index in [1.165, 1.54) is 16.7 Å². The van der Waals surface area contributed by atoms with E-state index in [2.05, 4.69) is 6.92 Å². The van der Waals surface area contributed by atoms with Crippen molar-refractivity contribution in [3.8, 4) is 5.75 Å². The number of thioether (sulfide) groups is 1. The number of carbonyl (C=O) groups is 2. The van der Waals surface area contributed by atoms with Gasteiger partial charge in [0.2, 0.25) is 11.8 Å². The molecule has 2 aromatic rings. The maximum absolute atomic E-state index is 12.8. The molecule has 0 aliphatic carbocycles. The zero-order chi connectivity index (χ0) is 19.2. The van der Waals surface area contributed by atoms with E-state index in [1.807, 2.05) is 18.2 Å². The van der Waals surface area contributed by atoms with Crippen LogP contribution in [0.25, 0.3) is 0 Å². The number of unbranched alkanes of at least 4 members (excludes halogenated alkanes) is 2. The molecule has 6 heteroatoms. The summed E-state index contributed by atoms with van der Waals surface area (Å²) in [5, 5.41) is -0.427. The van der Waals surface area contributed by atoms with Gasteiger partial charge in [0.25, 0.3) is 0 Å². The summed E-state index contributed by atoms with van der Waals surface area (Å²) < 4.78 is 5.69. The SMILES string of the molecule is CCCCCOc1ccc(N2C(=O)C[C@H](Sc3cccc(N)c3)C2=O)cc1. The lowest BCUT2D eigenvalue weighted by molar-refractivity contribution is -0.121. The van der Waals surface area contributed by atoms with Crippen molar-refractivity contribution in [2.45, 2.75) is 42.8 Å². The van der Waals surface area contributed by atoms with Crippen molar-refractivity contribution in [3.63, 3.8) is 0 Å². The predicted molar refractivity (Wildman–Crippen MR) is 109 cm³/mol. The Bertz CT molecular complexity index is 807. The summed E-state index contributed by atoms with van der Waals surface area (Å²) >= 11 is 1.38. The van der Waals surface area contributed by atoms with Crippen LogP contribution >= 0.6 is 11.8 Å². The van der Waals surface area contributed by atoms with E-state index in [-0.39, 0.29) is 18.2 Å². The molecule has 0 unspecified atom stereocenters. The van der Waals surface area contributed by atoms with E-state index in [4.69, 9.17) is 10.5 Å². The van der Waals surface area contributed by atoms with Crippen LogP contribution in [-0.2, 0) is 9.59 Å². The van der Waals surface area contributed by atoms with Gasteiger partial charge < -0.3 is 10.5 Å². The number of hydrogen-bond donors (Lipinski definition) is 1. The number of anilines is 2. The maximum Gasteiger partial charge on any atom is 0.247 e. The van der Waals surface area contributed by atoms with Crippen LogP contribution in [0.3, 0.4) is 0 Å². The fourth-order valence-electron chi connectivity index (χ4n) is 2.95. The Balaban J connectivity index is 1.64. The molecule has 3 rings (SSSR count). The summed E-state index contributed by atoms with van der Waals surface area (Å²) in [6, 6.07) is 14.5. The topological polar surface area (TPSA) is 72.6 Å². The quantitative estimate of drug-likeness (QED) is 0.418. The first-order valence-corrected chi connectivity index (χ1v) is 10.1. The summed E-state index contributed by atoms with van der Waals surface area (Å²) in [6.07, 6.45) is 3.50. The van der Waals surface area contributed by atoms with Gasteiger partial charge in [-0.05, 0) is 48.9 Å². The molecule has 142 valence electrons. The van der Waals surface area contributed by atoms with Crippen molar-refractivity contribution < 1.29 is 14.3 Å². The van der Waals surface area contributed by atoms with Crippen molar-refractivity contribution in [2.24, 2.45) is 0 Å². The zero-order valence-electron chi connectivity index (χ0n) is 15.4. The molecule has 2 amide bonds. The normalized spacial score (nSPS) is 16.8. The minimum Gasteiger partial charge on any atom is -0.494 e. The number of amides is 2. The van der Waals surface area contributed by atoms with Crippen molar-refractivity contribution in [3.05, 3.63) is 48.5 Å². The second-order valence-electron chi connectivity index (χ2n) is 6.50. The molecule has 0 bridgehead atoms. The number of hydrogen-bond acceptors (Lipinski definition) is 5. The molecular formula is C21H24N2O3S. The van der Waals surface area contributed by atoms with Gasteiger partial charge in [0.15, 0.2) is 0 Å². The van der Waals surface area contributed by atoms with Gasteiger partial charge in [-0.15, -0.1) is 11.8 Å². The molecule has 1 aliphatic rings. The van der Waals surface area contributed by atoms with E-state index < -0.39 is 5.25 Å². The maximum atomic E-state index is 12.8. The van der Waals surface area contributed by atoms with Gasteiger partial charge >= 0.3 is 0 Å². The molecule has 1 aliphatic heterocycles. The second-order valence-corrected chi connectivity index (χ2v) is 7.78. The van der Waals surface area contributed by atoms with E-state index in [0.29, 0.717) is 18.0 Å². The monoisotopic (exact) mass is 384 g/mol. The Hall–Kier alpha value is -2.47. The first kappa shape index (κ1) is 19.3. The van der Waals surface area contributed by atoms with Crippen molar-refractivity contribution in [1.29, 1.82) is 0 Å². The minimum absolute atomic E-state index is 0.182. The average molecular weight is 385 g/mol. The Morgan fingerprint density at radius 1 is 1.15 bits per heavy atom. The molecule has 27 heavy (non-hydrogen) atoms. The molecule has 1 atom stereocenters. The molecule has 2 N–H and O–H groups in total. The molecular weight excluding hydrogens is 360 g/mol. The summed E-state index contributed by atoms with van der Waals surface area (Å²) in [6.45, 7) is 2.82. The number of benzene rings is 2. The van der Waals surface area contributed by atoms with E-state index in [9.17, 15) is 9.59 Å². The van der Waals surface area contributed by atoms with Crippen molar-refractivity contribution in [2.75, 3.05) is 17.2 Å². The third kappa shape index (κ3) is 4.83. The Morgan fingerprint density at radius 3 is 2.63 bits per heavy atom. The predicted octanol–water partition coefficient (Wildman–Crippen LogP) is 4.26. The molecule has 1 heterocycles.